The third-order valence-corrected chi connectivity index (χ3v) is 4.21. The predicted molar refractivity (Wildman–Crippen MR) is 80.0 cm³/mol. The Hall–Kier alpha value is -1.63. The van der Waals surface area contributed by atoms with Gasteiger partial charge in [0.05, 0.1) is 18.8 Å². The van der Waals surface area contributed by atoms with Gasteiger partial charge in [0.15, 0.2) is 0 Å². The normalized spacial score (nSPS) is 21.4. The van der Waals surface area contributed by atoms with Gasteiger partial charge in [0.2, 0.25) is 18.2 Å². The lowest BCUT2D eigenvalue weighted by atomic mass is 9.99. The van der Waals surface area contributed by atoms with Crippen LogP contribution in [0.25, 0.3) is 0 Å². The van der Waals surface area contributed by atoms with Crippen LogP contribution in [-0.2, 0) is 19.1 Å². The number of ether oxygens (including phenoxy) is 1. The number of hydrogen-bond donors (Lipinski definition) is 2. The standard InChI is InChI=1S/C15H25N3O4/c1-15(9-22-10-15)17-14(21)12(16-11-19)5-6-13(20)18-7-3-2-4-8-18/h11-12H,2-10H2,1H3,(H,16,19)(H,17,21). The number of piperidine rings is 1. The van der Waals surface area contributed by atoms with E-state index in [1.54, 1.807) is 0 Å². The molecule has 1 unspecified atom stereocenters. The molecule has 2 N–H and O–H groups in total. The molecule has 2 aliphatic rings. The number of carbonyl (C=O) groups excluding carboxylic acids is 3. The Morgan fingerprint density at radius 3 is 2.50 bits per heavy atom. The number of carbonyl (C=O) groups is 3. The first kappa shape index (κ1) is 16.7. The van der Waals surface area contributed by atoms with E-state index < -0.39 is 6.04 Å². The lowest BCUT2D eigenvalue weighted by molar-refractivity contribution is -0.135. The second kappa shape index (κ2) is 7.58. The molecule has 0 spiro atoms. The zero-order valence-electron chi connectivity index (χ0n) is 13.1. The minimum Gasteiger partial charge on any atom is -0.376 e. The van der Waals surface area contributed by atoms with Gasteiger partial charge in [-0.05, 0) is 32.6 Å². The molecular weight excluding hydrogens is 286 g/mol. The van der Waals surface area contributed by atoms with Crippen LogP contribution in [0.2, 0.25) is 0 Å². The highest BCUT2D eigenvalue weighted by Gasteiger charge is 2.36. The molecule has 0 saturated carbocycles. The molecule has 0 radical (unpaired) electrons. The average Bonchev–Trinajstić information content (AvgIpc) is 2.50. The van der Waals surface area contributed by atoms with Crippen LogP contribution in [0.15, 0.2) is 0 Å². The fraction of sp³-hybridized carbons (Fsp3) is 0.800. The van der Waals surface area contributed by atoms with Gasteiger partial charge in [0, 0.05) is 19.5 Å². The first-order chi connectivity index (χ1) is 10.5. The van der Waals surface area contributed by atoms with E-state index in [0.717, 1.165) is 25.9 Å². The van der Waals surface area contributed by atoms with Crippen molar-refractivity contribution in [3.8, 4) is 0 Å². The molecule has 2 aliphatic heterocycles. The van der Waals surface area contributed by atoms with Crippen LogP contribution in [0, 0.1) is 0 Å². The van der Waals surface area contributed by atoms with E-state index in [2.05, 4.69) is 10.6 Å². The molecule has 0 aliphatic carbocycles. The van der Waals surface area contributed by atoms with Crippen molar-refractivity contribution in [1.29, 1.82) is 0 Å². The van der Waals surface area contributed by atoms with Crippen molar-refractivity contribution >= 4 is 18.2 Å². The summed E-state index contributed by atoms with van der Waals surface area (Å²) in [6, 6.07) is -0.677. The largest absolute Gasteiger partial charge is 0.376 e. The Morgan fingerprint density at radius 2 is 1.95 bits per heavy atom. The lowest BCUT2D eigenvalue weighted by Crippen LogP contribution is -2.62. The number of hydrogen-bond acceptors (Lipinski definition) is 4. The molecule has 7 heteroatoms. The Bertz CT molecular complexity index is 417. The molecule has 0 aromatic carbocycles. The van der Waals surface area contributed by atoms with Gasteiger partial charge in [0.1, 0.15) is 6.04 Å². The highest BCUT2D eigenvalue weighted by molar-refractivity contribution is 5.85. The molecule has 0 aromatic heterocycles. The molecule has 0 aromatic rings. The molecule has 2 rings (SSSR count). The average molecular weight is 311 g/mol. The van der Waals surface area contributed by atoms with Gasteiger partial charge in [-0.2, -0.15) is 0 Å². The van der Waals surface area contributed by atoms with Crippen molar-refractivity contribution in [3.05, 3.63) is 0 Å². The fourth-order valence-electron chi connectivity index (χ4n) is 2.81. The number of rotatable bonds is 7. The number of likely N-dealkylation sites (tertiary alicyclic amines) is 1. The number of nitrogens with zero attached hydrogens (tertiary/aromatic N) is 1. The van der Waals surface area contributed by atoms with E-state index in [0.29, 0.717) is 26.0 Å². The van der Waals surface area contributed by atoms with E-state index in [1.165, 1.54) is 6.42 Å². The van der Waals surface area contributed by atoms with Crippen LogP contribution in [0.4, 0.5) is 0 Å². The summed E-state index contributed by atoms with van der Waals surface area (Å²) in [4.78, 5) is 36.9. The maximum absolute atomic E-state index is 12.2. The van der Waals surface area contributed by atoms with Gasteiger partial charge in [-0.3, -0.25) is 14.4 Å². The van der Waals surface area contributed by atoms with E-state index in [4.69, 9.17) is 4.74 Å². The zero-order chi connectivity index (χ0) is 16.0. The third-order valence-electron chi connectivity index (χ3n) is 4.21. The van der Waals surface area contributed by atoms with Crippen LogP contribution in [-0.4, -0.2) is 61.0 Å². The van der Waals surface area contributed by atoms with Gasteiger partial charge >= 0.3 is 0 Å². The van der Waals surface area contributed by atoms with E-state index in [9.17, 15) is 14.4 Å². The van der Waals surface area contributed by atoms with Crippen molar-refractivity contribution in [2.45, 2.75) is 50.6 Å². The van der Waals surface area contributed by atoms with Gasteiger partial charge in [-0.1, -0.05) is 0 Å². The highest BCUT2D eigenvalue weighted by atomic mass is 16.5. The first-order valence-corrected chi connectivity index (χ1v) is 7.91. The SMILES string of the molecule is CC1(NC(=O)C(CCC(=O)N2CCCCC2)NC=O)COC1. The molecule has 7 nitrogen and oxygen atoms in total. The topological polar surface area (TPSA) is 87.7 Å². The second-order valence-corrected chi connectivity index (χ2v) is 6.36. The van der Waals surface area contributed by atoms with Crippen LogP contribution in [0.1, 0.15) is 39.0 Å². The monoisotopic (exact) mass is 311 g/mol. The summed E-state index contributed by atoms with van der Waals surface area (Å²) in [5, 5.41) is 5.38. The number of nitrogens with one attached hydrogen (secondary N) is 2. The van der Waals surface area contributed by atoms with E-state index >= 15 is 0 Å². The molecule has 2 saturated heterocycles. The smallest absolute Gasteiger partial charge is 0.243 e. The van der Waals surface area contributed by atoms with Gasteiger partial charge < -0.3 is 20.3 Å². The summed E-state index contributed by atoms with van der Waals surface area (Å²) < 4.78 is 5.09. The summed E-state index contributed by atoms with van der Waals surface area (Å²) in [6.45, 7) is 4.43. The molecule has 0 bridgehead atoms. The van der Waals surface area contributed by atoms with Gasteiger partial charge in [-0.25, -0.2) is 0 Å². The van der Waals surface area contributed by atoms with Crippen molar-refractivity contribution in [3.63, 3.8) is 0 Å². The quantitative estimate of drug-likeness (QED) is 0.637. The van der Waals surface area contributed by atoms with Crippen LogP contribution in [0.5, 0.6) is 0 Å². The Balaban J connectivity index is 1.81. The molecule has 2 heterocycles. The van der Waals surface area contributed by atoms with Crippen LogP contribution >= 0.6 is 0 Å². The van der Waals surface area contributed by atoms with Crippen LogP contribution < -0.4 is 10.6 Å². The maximum Gasteiger partial charge on any atom is 0.243 e. The maximum atomic E-state index is 12.2. The molecular formula is C15H25N3O4. The van der Waals surface area contributed by atoms with Gasteiger partial charge in [0.25, 0.3) is 0 Å². The van der Waals surface area contributed by atoms with Crippen molar-refractivity contribution in [2.24, 2.45) is 0 Å². The number of amides is 3. The fourth-order valence-corrected chi connectivity index (χ4v) is 2.81. The predicted octanol–water partition coefficient (Wildman–Crippen LogP) is -0.201. The van der Waals surface area contributed by atoms with Crippen molar-refractivity contribution in [2.75, 3.05) is 26.3 Å². The molecule has 124 valence electrons. The molecule has 3 amide bonds. The van der Waals surface area contributed by atoms with Crippen molar-refractivity contribution in [1.82, 2.24) is 15.5 Å². The summed E-state index contributed by atoms with van der Waals surface area (Å²) >= 11 is 0. The summed E-state index contributed by atoms with van der Waals surface area (Å²) in [5.41, 5.74) is -0.364. The Labute approximate surface area is 130 Å². The molecule has 1 atom stereocenters. The Morgan fingerprint density at radius 1 is 1.27 bits per heavy atom. The first-order valence-electron chi connectivity index (χ1n) is 7.91. The lowest BCUT2D eigenvalue weighted by Gasteiger charge is -2.39. The second-order valence-electron chi connectivity index (χ2n) is 6.36. The summed E-state index contributed by atoms with van der Waals surface area (Å²) in [5.74, 6) is -0.201. The minimum absolute atomic E-state index is 0.0587. The van der Waals surface area contributed by atoms with Crippen molar-refractivity contribution < 1.29 is 19.1 Å². The minimum atomic E-state index is -0.677. The third kappa shape index (κ3) is 4.43. The highest BCUT2D eigenvalue weighted by Crippen LogP contribution is 2.16. The summed E-state index contributed by atoms with van der Waals surface area (Å²) in [7, 11) is 0. The Kier molecular flexibility index (Phi) is 5.76. The zero-order valence-corrected chi connectivity index (χ0v) is 13.1. The van der Waals surface area contributed by atoms with Gasteiger partial charge in [-0.15, -0.1) is 0 Å². The molecule has 22 heavy (non-hydrogen) atoms. The van der Waals surface area contributed by atoms with E-state index in [-0.39, 0.29) is 23.8 Å². The van der Waals surface area contributed by atoms with E-state index in [1.807, 2.05) is 11.8 Å². The molecule has 2 fully saturated rings. The summed E-state index contributed by atoms with van der Waals surface area (Å²) in [6.07, 6.45) is 4.35. The van der Waals surface area contributed by atoms with Crippen LogP contribution in [0.3, 0.4) is 0 Å².